The standard InChI is InChI=1S/C23H30N2O5S/c1-15(16-7-10-18(29-5)11-8-16)24-22(26)21-14-25(31(6,27)28)19-13-17(23(2,3)4)9-12-20(19)30-21/h7-13,15,21H,14H2,1-6H3,(H,24,26)/t15-,21-/m0/s1. The van der Waals surface area contributed by atoms with Gasteiger partial charge in [0.15, 0.2) is 6.10 Å². The number of nitrogens with one attached hydrogen (secondary N) is 1. The predicted molar refractivity (Wildman–Crippen MR) is 121 cm³/mol. The summed E-state index contributed by atoms with van der Waals surface area (Å²) >= 11 is 0. The number of sulfonamides is 1. The van der Waals surface area contributed by atoms with Gasteiger partial charge in [-0.05, 0) is 47.7 Å². The molecule has 7 nitrogen and oxygen atoms in total. The third-order valence-corrected chi connectivity index (χ3v) is 6.51. The number of carbonyl (C=O) groups excluding carboxylic acids is 1. The van der Waals surface area contributed by atoms with Crippen molar-refractivity contribution >= 4 is 21.6 Å². The minimum Gasteiger partial charge on any atom is -0.497 e. The van der Waals surface area contributed by atoms with E-state index in [1.165, 1.54) is 4.31 Å². The minimum atomic E-state index is -3.60. The lowest BCUT2D eigenvalue weighted by atomic mass is 9.86. The Hall–Kier alpha value is -2.74. The number of methoxy groups -OCH3 is 1. The van der Waals surface area contributed by atoms with Crippen LogP contribution in [0.25, 0.3) is 0 Å². The Morgan fingerprint density at radius 1 is 1.19 bits per heavy atom. The SMILES string of the molecule is COc1ccc([C@H](C)NC(=O)[C@@H]2CN(S(C)(=O)=O)c3cc(C(C)(C)C)ccc3O2)cc1. The minimum absolute atomic E-state index is 0.0827. The van der Waals surface area contributed by atoms with Crippen molar-refractivity contribution < 1.29 is 22.7 Å². The number of anilines is 1. The lowest BCUT2D eigenvalue weighted by Crippen LogP contribution is -2.50. The Bertz CT molecular complexity index is 1060. The van der Waals surface area contributed by atoms with Gasteiger partial charge in [0.2, 0.25) is 10.0 Å². The molecule has 1 aliphatic heterocycles. The van der Waals surface area contributed by atoms with Crippen molar-refractivity contribution in [1.29, 1.82) is 0 Å². The Morgan fingerprint density at radius 3 is 2.39 bits per heavy atom. The first-order valence-corrected chi connectivity index (χ1v) is 12.0. The van der Waals surface area contributed by atoms with Gasteiger partial charge in [-0.1, -0.05) is 39.0 Å². The average molecular weight is 447 g/mol. The molecular weight excluding hydrogens is 416 g/mol. The molecule has 31 heavy (non-hydrogen) atoms. The fourth-order valence-corrected chi connectivity index (χ4v) is 4.36. The summed E-state index contributed by atoms with van der Waals surface area (Å²) in [6, 6.07) is 12.6. The van der Waals surface area contributed by atoms with Crippen molar-refractivity contribution in [1.82, 2.24) is 5.32 Å². The number of nitrogens with zero attached hydrogens (tertiary/aromatic N) is 1. The summed E-state index contributed by atoms with van der Waals surface area (Å²) in [5.41, 5.74) is 2.20. The Labute approximate surface area is 184 Å². The second kappa shape index (κ2) is 8.42. The van der Waals surface area contributed by atoms with Crippen LogP contribution in [0.2, 0.25) is 0 Å². The molecule has 2 aromatic carbocycles. The zero-order valence-electron chi connectivity index (χ0n) is 18.8. The molecule has 0 radical (unpaired) electrons. The van der Waals surface area contributed by atoms with Crippen LogP contribution < -0.4 is 19.1 Å². The molecule has 3 rings (SSSR count). The molecule has 0 saturated carbocycles. The van der Waals surface area contributed by atoms with Crippen LogP contribution in [0.1, 0.15) is 44.9 Å². The molecule has 1 amide bonds. The highest BCUT2D eigenvalue weighted by atomic mass is 32.2. The number of rotatable bonds is 5. The summed E-state index contributed by atoms with van der Waals surface area (Å²) in [5.74, 6) is 0.734. The molecule has 0 unspecified atom stereocenters. The van der Waals surface area contributed by atoms with E-state index in [0.29, 0.717) is 11.4 Å². The monoisotopic (exact) mass is 446 g/mol. The molecule has 1 N–H and O–H groups in total. The van der Waals surface area contributed by atoms with Crippen LogP contribution in [0.3, 0.4) is 0 Å². The second-order valence-electron chi connectivity index (χ2n) is 8.84. The highest BCUT2D eigenvalue weighted by Crippen LogP contribution is 2.38. The first-order chi connectivity index (χ1) is 14.4. The summed E-state index contributed by atoms with van der Waals surface area (Å²) in [5, 5.41) is 2.92. The highest BCUT2D eigenvalue weighted by Gasteiger charge is 2.36. The van der Waals surface area contributed by atoms with Crippen molar-refractivity contribution in [3.63, 3.8) is 0 Å². The van der Waals surface area contributed by atoms with Crippen LogP contribution in [-0.2, 0) is 20.2 Å². The normalized spacial score (nSPS) is 17.4. The van der Waals surface area contributed by atoms with Crippen molar-refractivity contribution in [3.8, 4) is 11.5 Å². The van der Waals surface area contributed by atoms with E-state index in [-0.39, 0.29) is 23.9 Å². The van der Waals surface area contributed by atoms with Crippen LogP contribution in [-0.4, -0.2) is 40.3 Å². The van der Waals surface area contributed by atoms with E-state index in [2.05, 4.69) is 26.1 Å². The Morgan fingerprint density at radius 2 is 1.84 bits per heavy atom. The van der Waals surface area contributed by atoms with Crippen molar-refractivity contribution in [2.24, 2.45) is 0 Å². The smallest absolute Gasteiger partial charge is 0.263 e. The molecule has 168 valence electrons. The summed E-state index contributed by atoms with van der Waals surface area (Å²) in [4.78, 5) is 12.9. The quantitative estimate of drug-likeness (QED) is 0.761. The van der Waals surface area contributed by atoms with Gasteiger partial charge in [-0.25, -0.2) is 8.42 Å². The molecule has 0 aromatic heterocycles. The third-order valence-electron chi connectivity index (χ3n) is 5.36. The van der Waals surface area contributed by atoms with Gasteiger partial charge in [-0.3, -0.25) is 9.10 Å². The first kappa shape index (κ1) is 22.9. The van der Waals surface area contributed by atoms with E-state index >= 15 is 0 Å². The topological polar surface area (TPSA) is 84.9 Å². The average Bonchev–Trinajstić information content (AvgIpc) is 2.71. The zero-order valence-corrected chi connectivity index (χ0v) is 19.6. The van der Waals surface area contributed by atoms with Crippen LogP contribution in [0.15, 0.2) is 42.5 Å². The summed E-state index contributed by atoms with van der Waals surface area (Å²) in [6.07, 6.45) is 0.185. The fourth-order valence-electron chi connectivity index (χ4n) is 3.45. The van der Waals surface area contributed by atoms with E-state index in [4.69, 9.17) is 9.47 Å². The van der Waals surface area contributed by atoms with E-state index in [1.54, 1.807) is 13.2 Å². The number of ether oxygens (including phenoxy) is 2. The summed E-state index contributed by atoms with van der Waals surface area (Å²) in [7, 11) is -2.00. The molecule has 0 fully saturated rings. The lowest BCUT2D eigenvalue weighted by Gasteiger charge is -2.35. The second-order valence-corrected chi connectivity index (χ2v) is 10.7. The van der Waals surface area contributed by atoms with Gasteiger partial charge in [0.25, 0.3) is 5.91 Å². The molecule has 0 bridgehead atoms. The maximum absolute atomic E-state index is 12.9. The Balaban J connectivity index is 1.84. The number of carbonyl (C=O) groups is 1. The fraction of sp³-hybridized carbons (Fsp3) is 0.435. The maximum atomic E-state index is 12.9. The summed E-state index contributed by atoms with van der Waals surface area (Å²) < 4.78 is 37.4. The number of hydrogen-bond donors (Lipinski definition) is 1. The first-order valence-electron chi connectivity index (χ1n) is 10.1. The highest BCUT2D eigenvalue weighted by molar-refractivity contribution is 7.92. The van der Waals surface area contributed by atoms with E-state index in [9.17, 15) is 13.2 Å². The van der Waals surface area contributed by atoms with Gasteiger partial charge in [0, 0.05) is 0 Å². The van der Waals surface area contributed by atoms with Gasteiger partial charge in [-0.2, -0.15) is 0 Å². The number of benzene rings is 2. The largest absolute Gasteiger partial charge is 0.497 e. The molecule has 1 heterocycles. The summed E-state index contributed by atoms with van der Waals surface area (Å²) in [6.45, 7) is 7.95. The van der Waals surface area contributed by atoms with Gasteiger partial charge in [0.05, 0.1) is 31.6 Å². The molecule has 1 aliphatic rings. The van der Waals surface area contributed by atoms with E-state index in [0.717, 1.165) is 23.1 Å². The van der Waals surface area contributed by atoms with Crippen LogP contribution in [0, 0.1) is 0 Å². The van der Waals surface area contributed by atoms with Crippen LogP contribution in [0.4, 0.5) is 5.69 Å². The maximum Gasteiger partial charge on any atom is 0.263 e. The predicted octanol–water partition coefficient (Wildman–Crippen LogP) is 3.40. The third kappa shape index (κ3) is 5.12. The molecule has 0 saturated heterocycles. The molecular formula is C23H30N2O5S. The molecule has 2 atom stereocenters. The van der Waals surface area contributed by atoms with Gasteiger partial charge < -0.3 is 14.8 Å². The van der Waals surface area contributed by atoms with Gasteiger partial charge in [-0.15, -0.1) is 0 Å². The number of hydrogen-bond acceptors (Lipinski definition) is 5. The zero-order chi connectivity index (χ0) is 23.0. The Kier molecular flexibility index (Phi) is 6.23. The van der Waals surface area contributed by atoms with Crippen molar-refractivity contribution in [3.05, 3.63) is 53.6 Å². The molecule has 0 spiro atoms. The molecule has 0 aliphatic carbocycles. The van der Waals surface area contributed by atoms with Gasteiger partial charge in [0.1, 0.15) is 11.5 Å². The number of fused-ring (bicyclic) bond motifs is 1. The van der Waals surface area contributed by atoms with Crippen LogP contribution >= 0.6 is 0 Å². The van der Waals surface area contributed by atoms with Crippen LogP contribution in [0.5, 0.6) is 11.5 Å². The van der Waals surface area contributed by atoms with Gasteiger partial charge >= 0.3 is 0 Å². The lowest BCUT2D eigenvalue weighted by molar-refractivity contribution is -0.128. The van der Waals surface area contributed by atoms with Crippen molar-refractivity contribution in [2.75, 3.05) is 24.2 Å². The number of amides is 1. The molecule has 2 aromatic rings. The van der Waals surface area contributed by atoms with Crippen molar-refractivity contribution in [2.45, 2.75) is 45.3 Å². The van der Waals surface area contributed by atoms with E-state index in [1.807, 2.05) is 43.3 Å². The van der Waals surface area contributed by atoms with E-state index < -0.39 is 16.1 Å². The molecule has 8 heteroatoms.